The molecule has 1 aliphatic heterocycles. The highest BCUT2D eigenvalue weighted by Gasteiger charge is 2.32. The molecule has 0 saturated heterocycles. The molecule has 0 fully saturated rings. The number of fused-ring (bicyclic) bond motifs is 1. The van der Waals surface area contributed by atoms with Crippen molar-refractivity contribution in [3.8, 4) is 5.75 Å². The molecule has 0 radical (unpaired) electrons. The van der Waals surface area contributed by atoms with E-state index in [0.717, 1.165) is 12.3 Å². The standard InChI is InChI=1S/C20H22F2N4O5/c1-24-11-25(6-3-7-31-2)20(30)16-18(28)17(27)14(10-26(16)24)19(29)23-9-12-4-5-13(21)8-15(12)22/h4-5,8,10,28H,3,6-7,9,11H2,1-2H3,(H,23,29). The van der Waals surface area contributed by atoms with Gasteiger partial charge in [-0.15, -0.1) is 0 Å². The van der Waals surface area contributed by atoms with Crippen molar-refractivity contribution < 1.29 is 28.2 Å². The number of benzene rings is 1. The number of amides is 2. The predicted molar refractivity (Wildman–Crippen MR) is 106 cm³/mol. The van der Waals surface area contributed by atoms with Crippen molar-refractivity contribution in [3.05, 3.63) is 63.1 Å². The van der Waals surface area contributed by atoms with Crippen LogP contribution in [0.15, 0.2) is 29.2 Å². The van der Waals surface area contributed by atoms with E-state index in [1.165, 1.54) is 15.6 Å². The minimum absolute atomic E-state index is 0.0241. The summed E-state index contributed by atoms with van der Waals surface area (Å²) in [5.74, 6) is -3.88. The topological polar surface area (TPSA) is 104 Å². The molecule has 2 aromatic rings. The number of pyridine rings is 1. The molecular formula is C20H22F2N4O5. The van der Waals surface area contributed by atoms with E-state index in [1.807, 2.05) is 0 Å². The van der Waals surface area contributed by atoms with Crippen molar-refractivity contribution in [1.82, 2.24) is 14.9 Å². The molecule has 0 saturated carbocycles. The number of rotatable bonds is 7. The summed E-state index contributed by atoms with van der Waals surface area (Å²) in [6.07, 6.45) is 1.72. The average Bonchev–Trinajstić information content (AvgIpc) is 2.72. The van der Waals surface area contributed by atoms with Crippen LogP contribution in [0.25, 0.3) is 0 Å². The molecule has 1 aromatic heterocycles. The number of nitrogens with one attached hydrogen (secondary N) is 1. The SMILES string of the molecule is COCCCN1CN(C)n2cc(C(=O)NCc3ccc(F)cc3F)c(=O)c(O)c2C1=O. The van der Waals surface area contributed by atoms with Gasteiger partial charge in [-0.3, -0.25) is 24.1 Å². The van der Waals surface area contributed by atoms with E-state index in [-0.39, 0.29) is 24.5 Å². The summed E-state index contributed by atoms with van der Waals surface area (Å²) in [5, 5.41) is 14.3. The Labute approximate surface area is 176 Å². The van der Waals surface area contributed by atoms with Gasteiger partial charge >= 0.3 is 0 Å². The number of carbonyl (C=O) groups excluding carboxylic acids is 2. The highest BCUT2D eigenvalue weighted by molar-refractivity contribution is 5.99. The van der Waals surface area contributed by atoms with Gasteiger partial charge < -0.3 is 20.1 Å². The van der Waals surface area contributed by atoms with Gasteiger partial charge in [0.15, 0.2) is 11.4 Å². The van der Waals surface area contributed by atoms with Gasteiger partial charge in [-0.05, 0) is 12.5 Å². The molecule has 0 atom stereocenters. The van der Waals surface area contributed by atoms with Gasteiger partial charge in [-0.25, -0.2) is 8.78 Å². The van der Waals surface area contributed by atoms with E-state index in [2.05, 4.69) is 5.32 Å². The van der Waals surface area contributed by atoms with Crippen molar-refractivity contribution in [2.45, 2.75) is 13.0 Å². The number of aromatic hydroxyl groups is 1. The Morgan fingerprint density at radius 2 is 2.03 bits per heavy atom. The molecule has 11 heteroatoms. The molecular weight excluding hydrogens is 414 g/mol. The maximum Gasteiger partial charge on any atom is 0.277 e. The lowest BCUT2D eigenvalue weighted by molar-refractivity contribution is 0.0672. The lowest BCUT2D eigenvalue weighted by Crippen LogP contribution is -2.53. The Kier molecular flexibility index (Phi) is 6.54. The first-order valence-corrected chi connectivity index (χ1v) is 9.45. The smallest absolute Gasteiger partial charge is 0.277 e. The first-order valence-electron chi connectivity index (χ1n) is 9.45. The number of hydrogen-bond donors (Lipinski definition) is 2. The Morgan fingerprint density at radius 1 is 1.29 bits per heavy atom. The van der Waals surface area contributed by atoms with Crippen LogP contribution in [0.1, 0.15) is 32.8 Å². The average molecular weight is 436 g/mol. The summed E-state index contributed by atoms with van der Waals surface area (Å²) >= 11 is 0. The number of hydrogen-bond acceptors (Lipinski definition) is 6. The van der Waals surface area contributed by atoms with Gasteiger partial charge in [0, 0.05) is 51.7 Å². The summed E-state index contributed by atoms with van der Waals surface area (Å²) in [6.45, 7) is 0.671. The fourth-order valence-corrected chi connectivity index (χ4v) is 3.26. The van der Waals surface area contributed by atoms with Gasteiger partial charge in [-0.2, -0.15) is 0 Å². The van der Waals surface area contributed by atoms with Gasteiger partial charge in [0.2, 0.25) is 5.43 Å². The van der Waals surface area contributed by atoms with Crippen LogP contribution >= 0.6 is 0 Å². The molecule has 166 valence electrons. The number of methoxy groups -OCH3 is 1. The minimum atomic E-state index is -1.02. The molecule has 0 spiro atoms. The maximum absolute atomic E-state index is 13.8. The quantitative estimate of drug-likeness (QED) is 0.622. The number of nitrogens with zero attached hydrogens (tertiary/aromatic N) is 3. The molecule has 0 aliphatic carbocycles. The molecule has 2 amide bonds. The van der Waals surface area contributed by atoms with Crippen LogP contribution in [0.5, 0.6) is 5.75 Å². The molecule has 9 nitrogen and oxygen atoms in total. The Bertz CT molecular complexity index is 1070. The number of aromatic nitrogens is 1. The summed E-state index contributed by atoms with van der Waals surface area (Å²) < 4.78 is 33.0. The zero-order valence-corrected chi connectivity index (χ0v) is 17.0. The highest BCUT2D eigenvalue weighted by atomic mass is 19.1. The van der Waals surface area contributed by atoms with E-state index < -0.39 is 40.2 Å². The molecule has 3 rings (SSSR count). The minimum Gasteiger partial charge on any atom is -0.502 e. The second kappa shape index (κ2) is 9.13. The van der Waals surface area contributed by atoms with E-state index in [4.69, 9.17) is 4.74 Å². The van der Waals surface area contributed by atoms with Crippen molar-refractivity contribution in [2.24, 2.45) is 0 Å². The monoisotopic (exact) mass is 436 g/mol. The van der Waals surface area contributed by atoms with Gasteiger partial charge in [-0.1, -0.05) is 6.07 Å². The van der Waals surface area contributed by atoms with Crippen molar-refractivity contribution >= 4 is 11.8 Å². The van der Waals surface area contributed by atoms with Crippen LogP contribution in [0.4, 0.5) is 8.78 Å². The van der Waals surface area contributed by atoms with Crippen LogP contribution in [0.2, 0.25) is 0 Å². The van der Waals surface area contributed by atoms with Crippen LogP contribution < -0.4 is 15.8 Å². The lowest BCUT2D eigenvalue weighted by Gasteiger charge is -2.37. The lowest BCUT2D eigenvalue weighted by atomic mass is 10.1. The van der Waals surface area contributed by atoms with E-state index in [9.17, 15) is 28.3 Å². The van der Waals surface area contributed by atoms with Crippen LogP contribution in [-0.2, 0) is 11.3 Å². The Hall–Kier alpha value is -3.47. The first kappa shape index (κ1) is 22.2. The fraction of sp³-hybridized carbons (Fsp3) is 0.350. The summed E-state index contributed by atoms with van der Waals surface area (Å²) in [4.78, 5) is 39.3. The summed E-state index contributed by atoms with van der Waals surface area (Å²) in [6, 6.07) is 2.90. The zero-order valence-electron chi connectivity index (χ0n) is 17.0. The van der Waals surface area contributed by atoms with Crippen LogP contribution in [-0.4, -0.2) is 60.5 Å². The van der Waals surface area contributed by atoms with E-state index in [0.29, 0.717) is 25.6 Å². The summed E-state index contributed by atoms with van der Waals surface area (Å²) in [7, 11) is 3.17. The second-order valence-electron chi connectivity index (χ2n) is 7.05. The number of halogens is 2. The maximum atomic E-state index is 13.8. The molecule has 0 bridgehead atoms. The van der Waals surface area contributed by atoms with Gasteiger partial charge in [0.1, 0.15) is 23.9 Å². The fourth-order valence-electron chi connectivity index (χ4n) is 3.26. The summed E-state index contributed by atoms with van der Waals surface area (Å²) in [5.41, 5.74) is -1.67. The van der Waals surface area contributed by atoms with Crippen molar-refractivity contribution in [2.75, 3.05) is 39.0 Å². The molecule has 31 heavy (non-hydrogen) atoms. The number of carbonyl (C=O) groups is 2. The Morgan fingerprint density at radius 3 is 2.71 bits per heavy atom. The Balaban J connectivity index is 1.85. The van der Waals surface area contributed by atoms with Crippen LogP contribution in [0.3, 0.4) is 0 Å². The molecule has 2 heterocycles. The van der Waals surface area contributed by atoms with Crippen molar-refractivity contribution in [1.29, 1.82) is 0 Å². The third-order valence-corrected chi connectivity index (χ3v) is 4.87. The molecule has 1 aromatic carbocycles. The largest absolute Gasteiger partial charge is 0.502 e. The zero-order chi connectivity index (χ0) is 22.7. The third-order valence-electron chi connectivity index (χ3n) is 4.87. The second-order valence-corrected chi connectivity index (χ2v) is 7.05. The third kappa shape index (κ3) is 4.50. The van der Waals surface area contributed by atoms with Crippen molar-refractivity contribution in [3.63, 3.8) is 0 Å². The van der Waals surface area contributed by atoms with Gasteiger partial charge in [0.25, 0.3) is 11.8 Å². The number of ether oxygens (including phenoxy) is 1. The van der Waals surface area contributed by atoms with E-state index >= 15 is 0 Å². The molecule has 0 unspecified atom stereocenters. The van der Waals surface area contributed by atoms with E-state index in [1.54, 1.807) is 19.2 Å². The first-order chi connectivity index (χ1) is 14.7. The highest BCUT2D eigenvalue weighted by Crippen LogP contribution is 2.21. The normalized spacial score (nSPS) is 13.4. The molecule has 2 N–H and O–H groups in total. The van der Waals surface area contributed by atoms with Crippen LogP contribution in [0, 0.1) is 11.6 Å². The van der Waals surface area contributed by atoms with Gasteiger partial charge in [0.05, 0.1) is 0 Å². The molecule has 1 aliphatic rings. The predicted octanol–water partition coefficient (Wildman–Crippen LogP) is 0.780.